The first-order valence-electron chi connectivity index (χ1n) is 10.6. The number of nitrogens with one attached hydrogen (secondary N) is 2. The number of nitrogens with zero attached hydrogens (tertiary/aromatic N) is 3. The van der Waals surface area contributed by atoms with E-state index in [4.69, 9.17) is 0 Å². The maximum absolute atomic E-state index is 12.0. The highest BCUT2D eigenvalue weighted by molar-refractivity contribution is 5.93. The molecular formula is C24H35N5O. The van der Waals surface area contributed by atoms with Crippen molar-refractivity contribution in [2.75, 3.05) is 45.2 Å². The van der Waals surface area contributed by atoms with Crippen LogP contribution in [0.1, 0.15) is 35.3 Å². The van der Waals surface area contributed by atoms with Crippen molar-refractivity contribution in [1.82, 2.24) is 15.5 Å². The summed E-state index contributed by atoms with van der Waals surface area (Å²) in [5, 5.41) is 6.73. The molecule has 162 valence electrons. The van der Waals surface area contributed by atoms with Gasteiger partial charge < -0.3 is 20.4 Å². The molecule has 2 aromatic rings. The summed E-state index contributed by atoms with van der Waals surface area (Å²) in [6.07, 6.45) is 0. The van der Waals surface area contributed by atoms with Gasteiger partial charge in [-0.05, 0) is 50.1 Å². The van der Waals surface area contributed by atoms with Gasteiger partial charge in [-0.15, -0.1) is 0 Å². The minimum Gasteiger partial charge on any atom is -0.370 e. The van der Waals surface area contributed by atoms with E-state index in [1.165, 1.54) is 11.3 Å². The van der Waals surface area contributed by atoms with E-state index in [0.717, 1.165) is 37.7 Å². The van der Waals surface area contributed by atoms with Gasteiger partial charge in [0.25, 0.3) is 5.91 Å². The highest BCUT2D eigenvalue weighted by Crippen LogP contribution is 2.18. The predicted molar refractivity (Wildman–Crippen MR) is 126 cm³/mol. The Hall–Kier alpha value is -3.02. The quantitative estimate of drug-likeness (QED) is 0.493. The molecule has 30 heavy (non-hydrogen) atoms. The third-order valence-electron chi connectivity index (χ3n) is 4.88. The zero-order valence-electron chi connectivity index (χ0n) is 18.9. The molecule has 0 aliphatic heterocycles. The van der Waals surface area contributed by atoms with Gasteiger partial charge in [-0.1, -0.05) is 30.3 Å². The van der Waals surface area contributed by atoms with E-state index in [9.17, 15) is 4.79 Å². The van der Waals surface area contributed by atoms with Crippen LogP contribution < -0.4 is 15.5 Å². The molecule has 2 N–H and O–H groups in total. The Balaban J connectivity index is 1.94. The summed E-state index contributed by atoms with van der Waals surface area (Å²) in [6.45, 7) is 10.4. The summed E-state index contributed by atoms with van der Waals surface area (Å²) in [5.74, 6) is 0.806. The highest BCUT2D eigenvalue weighted by atomic mass is 16.2. The first kappa shape index (κ1) is 23.3. The minimum atomic E-state index is 0.00851. The SMILES string of the molecule is CCNC(=NCc1ccc(C(=O)N(C)C)cc1)NCCN(CC)c1ccccc1C. The van der Waals surface area contributed by atoms with Gasteiger partial charge in [-0.25, -0.2) is 4.99 Å². The summed E-state index contributed by atoms with van der Waals surface area (Å²) in [5.41, 5.74) is 4.32. The van der Waals surface area contributed by atoms with E-state index in [1.54, 1.807) is 19.0 Å². The van der Waals surface area contributed by atoms with Crippen LogP contribution in [0.4, 0.5) is 5.69 Å². The number of amides is 1. The smallest absolute Gasteiger partial charge is 0.253 e. The van der Waals surface area contributed by atoms with Crippen molar-refractivity contribution < 1.29 is 4.79 Å². The maximum atomic E-state index is 12.0. The van der Waals surface area contributed by atoms with Crippen LogP contribution in [0.3, 0.4) is 0 Å². The van der Waals surface area contributed by atoms with Crippen molar-refractivity contribution in [3.8, 4) is 0 Å². The van der Waals surface area contributed by atoms with Crippen LogP contribution in [0.2, 0.25) is 0 Å². The summed E-state index contributed by atoms with van der Waals surface area (Å²) in [6, 6.07) is 16.1. The third-order valence-corrected chi connectivity index (χ3v) is 4.88. The van der Waals surface area contributed by atoms with Crippen LogP contribution >= 0.6 is 0 Å². The van der Waals surface area contributed by atoms with E-state index in [2.05, 4.69) is 65.6 Å². The second kappa shape index (κ2) is 11.9. The van der Waals surface area contributed by atoms with E-state index in [1.807, 2.05) is 24.3 Å². The molecule has 6 heteroatoms. The summed E-state index contributed by atoms with van der Waals surface area (Å²) in [7, 11) is 3.52. The summed E-state index contributed by atoms with van der Waals surface area (Å²) >= 11 is 0. The molecule has 0 aliphatic rings. The fourth-order valence-electron chi connectivity index (χ4n) is 3.20. The van der Waals surface area contributed by atoms with Gasteiger partial charge in [0.05, 0.1) is 6.54 Å². The van der Waals surface area contributed by atoms with Gasteiger partial charge in [0, 0.05) is 51.5 Å². The van der Waals surface area contributed by atoms with Gasteiger partial charge >= 0.3 is 0 Å². The average molecular weight is 410 g/mol. The Kier molecular flexibility index (Phi) is 9.19. The van der Waals surface area contributed by atoms with E-state index < -0.39 is 0 Å². The molecule has 0 spiro atoms. The van der Waals surface area contributed by atoms with E-state index in [0.29, 0.717) is 12.1 Å². The number of aryl methyl sites for hydroxylation is 1. The second-order valence-electron chi connectivity index (χ2n) is 7.38. The van der Waals surface area contributed by atoms with Crippen LogP contribution in [-0.2, 0) is 6.54 Å². The van der Waals surface area contributed by atoms with Crippen LogP contribution in [0.15, 0.2) is 53.5 Å². The number of aliphatic imine (C=N–C) groups is 1. The standard InChI is InChI=1S/C24H35N5O/c1-6-25-24(26-16-17-29(7-2)22-11-9-8-10-19(22)3)27-18-20-12-14-21(15-13-20)23(30)28(4)5/h8-15H,6-7,16-18H2,1-5H3,(H2,25,26,27). The predicted octanol–water partition coefficient (Wildman–Crippen LogP) is 3.28. The van der Waals surface area contributed by atoms with Crippen LogP contribution in [0.5, 0.6) is 0 Å². The normalized spacial score (nSPS) is 11.2. The number of carbonyl (C=O) groups is 1. The average Bonchev–Trinajstić information content (AvgIpc) is 2.75. The number of anilines is 1. The number of hydrogen-bond donors (Lipinski definition) is 2. The third kappa shape index (κ3) is 6.79. The van der Waals surface area contributed by atoms with Gasteiger partial charge in [-0.3, -0.25) is 4.79 Å². The number of para-hydroxylation sites is 1. The molecule has 0 unspecified atom stereocenters. The Bertz CT molecular complexity index is 830. The largest absolute Gasteiger partial charge is 0.370 e. The van der Waals surface area contributed by atoms with Crippen LogP contribution in [0, 0.1) is 6.92 Å². The zero-order valence-corrected chi connectivity index (χ0v) is 18.9. The number of likely N-dealkylation sites (N-methyl/N-ethyl adjacent to an activating group) is 1. The molecule has 0 bridgehead atoms. The van der Waals surface area contributed by atoms with Crippen LogP contribution in [0.25, 0.3) is 0 Å². The summed E-state index contributed by atoms with van der Waals surface area (Å²) < 4.78 is 0. The van der Waals surface area contributed by atoms with Gasteiger partial charge in [0.2, 0.25) is 0 Å². The van der Waals surface area contributed by atoms with Crippen molar-refractivity contribution in [3.63, 3.8) is 0 Å². The topological polar surface area (TPSA) is 60.0 Å². The number of hydrogen-bond acceptors (Lipinski definition) is 3. The molecule has 0 fully saturated rings. The lowest BCUT2D eigenvalue weighted by molar-refractivity contribution is 0.0827. The Morgan fingerprint density at radius 1 is 1.00 bits per heavy atom. The molecule has 1 amide bonds. The fraction of sp³-hybridized carbons (Fsp3) is 0.417. The first-order chi connectivity index (χ1) is 14.5. The molecule has 0 aromatic heterocycles. The molecule has 0 aliphatic carbocycles. The zero-order chi connectivity index (χ0) is 21.9. The van der Waals surface area contributed by atoms with Crippen molar-refractivity contribution in [1.29, 1.82) is 0 Å². The Labute approximate surface area is 181 Å². The number of benzene rings is 2. The van der Waals surface area contributed by atoms with Gasteiger partial charge in [0.15, 0.2) is 5.96 Å². The number of carbonyl (C=O) groups excluding carboxylic acids is 1. The maximum Gasteiger partial charge on any atom is 0.253 e. The van der Waals surface area contributed by atoms with Crippen LogP contribution in [-0.4, -0.2) is 57.0 Å². The number of guanidine groups is 1. The highest BCUT2D eigenvalue weighted by Gasteiger charge is 2.08. The summed E-state index contributed by atoms with van der Waals surface area (Å²) in [4.78, 5) is 20.6. The molecule has 0 saturated heterocycles. The van der Waals surface area contributed by atoms with E-state index in [-0.39, 0.29) is 5.91 Å². The molecule has 6 nitrogen and oxygen atoms in total. The first-order valence-corrected chi connectivity index (χ1v) is 10.6. The Morgan fingerprint density at radius 2 is 1.70 bits per heavy atom. The van der Waals surface area contributed by atoms with Crippen molar-refractivity contribution in [3.05, 3.63) is 65.2 Å². The minimum absolute atomic E-state index is 0.00851. The van der Waals surface area contributed by atoms with Gasteiger partial charge in [0.1, 0.15) is 0 Å². The van der Waals surface area contributed by atoms with Crippen molar-refractivity contribution >= 4 is 17.6 Å². The fourth-order valence-corrected chi connectivity index (χ4v) is 3.20. The van der Waals surface area contributed by atoms with Crippen molar-refractivity contribution in [2.24, 2.45) is 4.99 Å². The lowest BCUT2D eigenvalue weighted by Crippen LogP contribution is -2.41. The molecule has 0 atom stereocenters. The lowest BCUT2D eigenvalue weighted by atomic mass is 10.1. The number of rotatable bonds is 9. The van der Waals surface area contributed by atoms with Crippen molar-refractivity contribution in [2.45, 2.75) is 27.3 Å². The second-order valence-corrected chi connectivity index (χ2v) is 7.38. The van der Waals surface area contributed by atoms with Gasteiger partial charge in [-0.2, -0.15) is 0 Å². The molecule has 2 aromatic carbocycles. The Morgan fingerprint density at radius 3 is 2.30 bits per heavy atom. The van der Waals surface area contributed by atoms with E-state index >= 15 is 0 Å². The molecule has 0 heterocycles. The lowest BCUT2D eigenvalue weighted by Gasteiger charge is -2.25. The monoisotopic (exact) mass is 409 g/mol. The molecular weight excluding hydrogens is 374 g/mol. The molecule has 0 saturated carbocycles. The molecule has 0 radical (unpaired) electrons. The molecule has 2 rings (SSSR count).